The second kappa shape index (κ2) is 9.17. The van der Waals surface area contributed by atoms with Crippen LogP contribution in [0.25, 0.3) is 0 Å². The van der Waals surface area contributed by atoms with E-state index in [2.05, 4.69) is 34.3 Å². The second-order valence-corrected chi connectivity index (χ2v) is 11.0. The van der Waals surface area contributed by atoms with Crippen LogP contribution in [0.15, 0.2) is 77.7 Å². The molecule has 0 unspecified atom stereocenters. The molecular weight excluding hydrogens is 491 g/mol. The second-order valence-electron chi connectivity index (χ2n) is 8.49. The molecule has 0 spiro atoms. The van der Waals surface area contributed by atoms with E-state index in [4.69, 9.17) is 27.9 Å². The average molecular weight is 515 g/mol. The summed E-state index contributed by atoms with van der Waals surface area (Å²) in [7, 11) is -3.82. The highest BCUT2D eigenvalue weighted by molar-refractivity contribution is 7.92. The molecule has 1 aliphatic carbocycles. The molecule has 0 fully saturated rings. The summed E-state index contributed by atoms with van der Waals surface area (Å²) in [5.74, 6) is 1.28. The Hall–Kier alpha value is -2.67. The molecule has 2 N–H and O–H groups in total. The van der Waals surface area contributed by atoms with Crippen molar-refractivity contribution < 1.29 is 13.2 Å². The van der Waals surface area contributed by atoms with Crippen molar-refractivity contribution in [2.45, 2.75) is 30.2 Å². The lowest BCUT2D eigenvalue weighted by atomic mass is 9.77. The molecule has 1 aliphatic heterocycles. The molecule has 176 valence electrons. The Balaban J connectivity index is 1.45. The van der Waals surface area contributed by atoms with Gasteiger partial charge in [-0.25, -0.2) is 8.42 Å². The number of fused-ring (bicyclic) bond motifs is 3. The van der Waals surface area contributed by atoms with Gasteiger partial charge in [-0.05, 0) is 78.9 Å². The monoisotopic (exact) mass is 514 g/mol. The highest BCUT2D eigenvalue weighted by Gasteiger charge is 2.38. The van der Waals surface area contributed by atoms with Gasteiger partial charge in [0.15, 0.2) is 0 Å². The first-order chi connectivity index (χ1) is 16.3. The Morgan fingerprint density at radius 2 is 1.76 bits per heavy atom. The normalized spacial score (nSPS) is 20.9. The molecule has 0 radical (unpaired) electrons. The Labute approximate surface area is 209 Å². The van der Waals surface area contributed by atoms with Crippen LogP contribution in [0.5, 0.6) is 5.75 Å². The van der Waals surface area contributed by atoms with Gasteiger partial charge in [-0.15, -0.1) is 0 Å². The molecule has 2 aliphatic rings. The molecule has 3 aromatic carbocycles. The minimum absolute atomic E-state index is 0.123. The number of halogens is 2. The van der Waals surface area contributed by atoms with E-state index in [-0.39, 0.29) is 16.9 Å². The van der Waals surface area contributed by atoms with Crippen LogP contribution in [0.4, 0.5) is 11.4 Å². The van der Waals surface area contributed by atoms with Gasteiger partial charge in [-0.3, -0.25) is 4.72 Å². The molecule has 3 atom stereocenters. The van der Waals surface area contributed by atoms with Gasteiger partial charge >= 0.3 is 0 Å². The van der Waals surface area contributed by atoms with Gasteiger partial charge in [-0.1, -0.05) is 47.5 Å². The Kier molecular flexibility index (Phi) is 6.23. The minimum Gasteiger partial charge on any atom is -0.494 e. The van der Waals surface area contributed by atoms with E-state index in [9.17, 15) is 8.42 Å². The number of rotatable bonds is 6. The highest BCUT2D eigenvalue weighted by atomic mass is 35.5. The van der Waals surface area contributed by atoms with Crippen LogP contribution >= 0.6 is 23.2 Å². The highest BCUT2D eigenvalue weighted by Crippen LogP contribution is 2.50. The van der Waals surface area contributed by atoms with Crippen LogP contribution in [0.2, 0.25) is 10.0 Å². The topological polar surface area (TPSA) is 67.4 Å². The van der Waals surface area contributed by atoms with Crippen LogP contribution in [-0.4, -0.2) is 15.0 Å². The van der Waals surface area contributed by atoms with Crippen LogP contribution in [0.3, 0.4) is 0 Å². The van der Waals surface area contributed by atoms with E-state index in [0.29, 0.717) is 28.3 Å². The zero-order chi connectivity index (χ0) is 23.9. The van der Waals surface area contributed by atoms with Crippen LogP contribution in [0.1, 0.15) is 36.4 Å². The van der Waals surface area contributed by atoms with E-state index in [1.54, 1.807) is 18.2 Å². The number of hydrogen-bond donors (Lipinski definition) is 2. The third kappa shape index (κ3) is 4.50. The maximum absolute atomic E-state index is 13.1. The summed E-state index contributed by atoms with van der Waals surface area (Å²) >= 11 is 12.1. The maximum atomic E-state index is 13.1. The predicted octanol–water partition coefficient (Wildman–Crippen LogP) is 7.02. The number of hydrogen-bond acceptors (Lipinski definition) is 4. The van der Waals surface area contributed by atoms with E-state index in [0.717, 1.165) is 23.4 Å². The van der Waals surface area contributed by atoms with Crippen LogP contribution in [-0.2, 0) is 10.0 Å². The largest absolute Gasteiger partial charge is 0.494 e. The summed E-state index contributed by atoms with van der Waals surface area (Å²) in [4.78, 5) is 0.197. The van der Waals surface area contributed by atoms with E-state index in [1.807, 2.05) is 25.1 Å². The number of allylic oxidation sites excluding steroid dienone is 2. The lowest BCUT2D eigenvalue weighted by Gasteiger charge is -2.37. The lowest BCUT2D eigenvalue weighted by molar-refractivity contribution is 0.340. The first-order valence-electron chi connectivity index (χ1n) is 11.1. The molecule has 8 heteroatoms. The molecule has 0 bridgehead atoms. The molecule has 0 saturated heterocycles. The molecule has 5 rings (SSSR count). The van der Waals surface area contributed by atoms with Gasteiger partial charge < -0.3 is 10.1 Å². The van der Waals surface area contributed by atoms with Crippen molar-refractivity contribution in [2.75, 3.05) is 16.6 Å². The van der Waals surface area contributed by atoms with Crippen molar-refractivity contribution in [3.63, 3.8) is 0 Å². The van der Waals surface area contributed by atoms with Crippen LogP contribution in [0, 0.1) is 5.92 Å². The van der Waals surface area contributed by atoms with E-state index >= 15 is 0 Å². The lowest BCUT2D eigenvalue weighted by Crippen LogP contribution is -2.29. The van der Waals surface area contributed by atoms with Crippen molar-refractivity contribution in [1.82, 2.24) is 0 Å². The van der Waals surface area contributed by atoms with E-state index in [1.165, 1.54) is 17.7 Å². The molecule has 34 heavy (non-hydrogen) atoms. The van der Waals surface area contributed by atoms with Gasteiger partial charge in [0.2, 0.25) is 0 Å². The van der Waals surface area contributed by atoms with Crippen molar-refractivity contribution in [3.05, 3.63) is 94.0 Å². The van der Waals surface area contributed by atoms with Crippen molar-refractivity contribution in [2.24, 2.45) is 5.92 Å². The zero-order valence-corrected chi connectivity index (χ0v) is 20.8. The summed E-state index contributed by atoms with van der Waals surface area (Å²) < 4.78 is 34.4. The van der Waals surface area contributed by atoms with Gasteiger partial charge in [0.25, 0.3) is 10.0 Å². The summed E-state index contributed by atoms with van der Waals surface area (Å²) in [5.41, 5.74) is 3.43. The third-order valence-electron chi connectivity index (χ3n) is 6.31. The van der Waals surface area contributed by atoms with Crippen molar-refractivity contribution in [1.29, 1.82) is 0 Å². The van der Waals surface area contributed by atoms with Gasteiger partial charge in [-0.2, -0.15) is 0 Å². The fraction of sp³-hybridized carbons (Fsp3) is 0.231. The molecule has 0 aromatic heterocycles. The number of sulfonamides is 1. The molecule has 0 amide bonds. The fourth-order valence-electron chi connectivity index (χ4n) is 4.83. The van der Waals surface area contributed by atoms with Crippen LogP contribution < -0.4 is 14.8 Å². The minimum atomic E-state index is -3.82. The van der Waals surface area contributed by atoms with Gasteiger partial charge in [0, 0.05) is 21.7 Å². The first-order valence-corrected chi connectivity index (χ1v) is 13.4. The smallest absolute Gasteiger partial charge is 0.261 e. The summed E-state index contributed by atoms with van der Waals surface area (Å²) in [5, 5.41) is 4.37. The predicted molar refractivity (Wildman–Crippen MR) is 138 cm³/mol. The molecular formula is C26H24Cl2N2O3S. The van der Waals surface area contributed by atoms with Crippen molar-refractivity contribution >= 4 is 44.6 Å². The SMILES string of the molecule is CCOc1ccc([C@H]2Nc3ccc(S(=O)(=O)Nc4cc(Cl)cc(Cl)c4)cc3[C@H]3C=CC[C@H]32)cc1. The Bertz CT molecular complexity index is 1340. The molecule has 0 saturated carbocycles. The molecule has 3 aromatic rings. The summed E-state index contributed by atoms with van der Waals surface area (Å²) in [6, 6.07) is 18.2. The molecule has 5 nitrogen and oxygen atoms in total. The number of nitrogens with one attached hydrogen (secondary N) is 2. The zero-order valence-electron chi connectivity index (χ0n) is 18.5. The standard InChI is InChI=1S/C26H24Cl2N2O3S/c1-2-33-20-8-6-16(7-9-20)26-23-5-3-4-22(23)24-15-21(10-11-25(24)29-26)34(31,32)30-19-13-17(27)12-18(28)14-19/h3-4,6-15,22-23,26,29-30H,2,5H2,1H3/t22-,23+,26+/m0/s1. The average Bonchev–Trinajstić information content (AvgIpc) is 3.28. The first kappa shape index (κ1) is 23.1. The van der Waals surface area contributed by atoms with Gasteiger partial charge in [0.1, 0.15) is 5.75 Å². The quantitative estimate of drug-likeness (QED) is 0.346. The van der Waals surface area contributed by atoms with Crippen molar-refractivity contribution in [3.8, 4) is 5.75 Å². The Morgan fingerprint density at radius 3 is 2.47 bits per heavy atom. The third-order valence-corrected chi connectivity index (χ3v) is 8.12. The summed E-state index contributed by atoms with van der Waals surface area (Å²) in [6.45, 7) is 2.60. The fourth-order valence-corrected chi connectivity index (χ4v) is 6.44. The Morgan fingerprint density at radius 1 is 1.03 bits per heavy atom. The molecule has 1 heterocycles. The summed E-state index contributed by atoms with van der Waals surface area (Å²) in [6.07, 6.45) is 5.29. The van der Waals surface area contributed by atoms with Gasteiger partial charge in [0.05, 0.1) is 23.2 Å². The maximum Gasteiger partial charge on any atom is 0.261 e. The van der Waals surface area contributed by atoms with E-state index < -0.39 is 10.0 Å². The number of anilines is 2. The number of ether oxygens (including phenoxy) is 1. The number of benzene rings is 3.